The van der Waals surface area contributed by atoms with Gasteiger partial charge in [0.1, 0.15) is 0 Å². The van der Waals surface area contributed by atoms with Crippen molar-refractivity contribution >= 4 is 52.2 Å². The van der Waals surface area contributed by atoms with E-state index < -0.39 is 0 Å². The number of nitrogen functional groups attached to an aromatic ring is 1. The van der Waals surface area contributed by atoms with Crippen LogP contribution in [0, 0.1) is 0 Å². The molecule has 0 bridgehead atoms. The van der Waals surface area contributed by atoms with E-state index in [0.717, 1.165) is 13.0 Å². The van der Waals surface area contributed by atoms with Crippen molar-refractivity contribution in [3.63, 3.8) is 0 Å². The predicted molar refractivity (Wildman–Crippen MR) is 85.8 cm³/mol. The minimum Gasteiger partial charge on any atom is -0.399 e. The average molecular weight is 335 g/mol. The Morgan fingerprint density at radius 1 is 1.50 bits per heavy atom. The number of hydrogen-bond acceptors (Lipinski definition) is 4. The molecule has 4 nitrogen and oxygen atoms in total. The van der Waals surface area contributed by atoms with Crippen LogP contribution in [0.1, 0.15) is 13.3 Å². The van der Waals surface area contributed by atoms with Gasteiger partial charge in [-0.3, -0.25) is 4.79 Å². The molecule has 1 amide bonds. The number of carbonyl (C=O) groups is 1. The highest BCUT2D eigenvalue weighted by Gasteiger charge is 2.25. The monoisotopic (exact) mass is 334 g/mol. The van der Waals surface area contributed by atoms with Crippen LogP contribution in [0.15, 0.2) is 12.1 Å². The number of amides is 1. The summed E-state index contributed by atoms with van der Waals surface area (Å²) in [6.45, 7) is 2.78. The number of hydrogen-bond donors (Lipinski definition) is 2. The average Bonchev–Trinajstić information content (AvgIpc) is 2.77. The van der Waals surface area contributed by atoms with Gasteiger partial charge in [0.2, 0.25) is 5.91 Å². The van der Waals surface area contributed by atoms with Crippen molar-refractivity contribution in [1.29, 1.82) is 0 Å². The highest BCUT2D eigenvalue weighted by Crippen LogP contribution is 2.33. The highest BCUT2D eigenvalue weighted by atomic mass is 35.5. The SMILES string of the molecule is CC1OCCC1SCC(=O)Nc1c(Cl)cc(N)cc1Cl. The maximum atomic E-state index is 11.9. The largest absolute Gasteiger partial charge is 0.399 e. The molecule has 7 heteroatoms. The van der Waals surface area contributed by atoms with Gasteiger partial charge in [-0.2, -0.15) is 0 Å². The molecular weight excluding hydrogens is 319 g/mol. The smallest absolute Gasteiger partial charge is 0.234 e. The van der Waals surface area contributed by atoms with Gasteiger partial charge in [-0.1, -0.05) is 23.2 Å². The van der Waals surface area contributed by atoms with E-state index in [9.17, 15) is 4.79 Å². The molecule has 1 heterocycles. The lowest BCUT2D eigenvalue weighted by Gasteiger charge is -2.14. The molecule has 0 aromatic heterocycles. The van der Waals surface area contributed by atoms with Crippen molar-refractivity contribution < 1.29 is 9.53 Å². The van der Waals surface area contributed by atoms with Gasteiger partial charge in [0.25, 0.3) is 0 Å². The molecule has 20 heavy (non-hydrogen) atoms. The molecule has 3 N–H and O–H groups in total. The quantitative estimate of drug-likeness (QED) is 0.828. The molecule has 0 aliphatic carbocycles. The fourth-order valence-corrected chi connectivity index (χ4v) is 3.65. The summed E-state index contributed by atoms with van der Waals surface area (Å²) in [4.78, 5) is 11.9. The third-order valence-electron chi connectivity index (χ3n) is 3.06. The van der Waals surface area contributed by atoms with Crippen LogP contribution in [0.25, 0.3) is 0 Å². The van der Waals surface area contributed by atoms with Gasteiger partial charge >= 0.3 is 0 Å². The van der Waals surface area contributed by atoms with Gasteiger partial charge in [-0.15, -0.1) is 11.8 Å². The van der Waals surface area contributed by atoms with Gasteiger partial charge in [0, 0.05) is 17.5 Å². The molecule has 2 rings (SSSR count). The minimum absolute atomic E-state index is 0.136. The maximum absolute atomic E-state index is 11.9. The second-order valence-electron chi connectivity index (χ2n) is 4.62. The first-order chi connectivity index (χ1) is 9.47. The summed E-state index contributed by atoms with van der Waals surface area (Å²) in [6, 6.07) is 3.12. The van der Waals surface area contributed by atoms with E-state index in [0.29, 0.717) is 32.4 Å². The molecule has 110 valence electrons. The molecule has 0 radical (unpaired) electrons. The molecule has 0 spiro atoms. The molecule has 0 saturated carbocycles. The number of nitrogens with two attached hydrogens (primary N) is 1. The Kier molecular flexibility index (Phi) is 5.43. The standard InChI is InChI=1S/C13H16Cl2N2O2S/c1-7-11(2-3-19-7)20-6-12(18)17-13-9(14)4-8(16)5-10(13)15/h4-5,7,11H,2-3,6,16H2,1H3,(H,17,18). The second kappa shape index (κ2) is 6.89. The Bertz CT molecular complexity index is 490. The Morgan fingerprint density at radius 3 is 2.70 bits per heavy atom. The molecule has 2 atom stereocenters. The van der Waals surface area contributed by atoms with E-state index in [1.807, 2.05) is 6.92 Å². The van der Waals surface area contributed by atoms with Crippen molar-refractivity contribution in [2.24, 2.45) is 0 Å². The number of thioether (sulfide) groups is 1. The van der Waals surface area contributed by atoms with Crippen LogP contribution in [0.4, 0.5) is 11.4 Å². The molecule has 1 aliphatic rings. The number of rotatable bonds is 4. The topological polar surface area (TPSA) is 64.3 Å². The zero-order valence-electron chi connectivity index (χ0n) is 11.0. The van der Waals surface area contributed by atoms with E-state index in [1.165, 1.54) is 0 Å². The van der Waals surface area contributed by atoms with Gasteiger partial charge < -0.3 is 15.8 Å². The minimum atomic E-state index is -0.136. The lowest BCUT2D eigenvalue weighted by molar-refractivity contribution is -0.113. The van der Waals surface area contributed by atoms with Crippen LogP contribution in [0.5, 0.6) is 0 Å². The van der Waals surface area contributed by atoms with Crippen molar-refractivity contribution in [2.45, 2.75) is 24.7 Å². The van der Waals surface area contributed by atoms with E-state index >= 15 is 0 Å². The van der Waals surface area contributed by atoms with Crippen molar-refractivity contribution in [2.75, 3.05) is 23.4 Å². The Labute approximate surface area is 132 Å². The summed E-state index contributed by atoms with van der Waals surface area (Å²) < 4.78 is 5.46. The maximum Gasteiger partial charge on any atom is 0.234 e. The molecular formula is C13H16Cl2N2O2S. The van der Waals surface area contributed by atoms with E-state index in [-0.39, 0.29) is 12.0 Å². The Morgan fingerprint density at radius 2 is 2.15 bits per heavy atom. The number of carbonyl (C=O) groups excluding carboxylic acids is 1. The fourth-order valence-electron chi connectivity index (χ4n) is 2.00. The summed E-state index contributed by atoms with van der Waals surface area (Å²) in [6.07, 6.45) is 1.17. The molecule has 1 aromatic rings. The van der Waals surface area contributed by atoms with Crippen LogP contribution in [-0.4, -0.2) is 29.6 Å². The van der Waals surface area contributed by atoms with E-state index in [2.05, 4.69) is 5.32 Å². The molecule has 1 aliphatic heterocycles. The number of benzene rings is 1. The first-order valence-electron chi connectivity index (χ1n) is 6.25. The van der Waals surface area contributed by atoms with Crippen LogP contribution >= 0.6 is 35.0 Å². The third-order valence-corrected chi connectivity index (χ3v) is 5.14. The summed E-state index contributed by atoms with van der Waals surface area (Å²) in [5, 5.41) is 3.76. The summed E-state index contributed by atoms with van der Waals surface area (Å²) in [5.74, 6) is 0.206. The van der Waals surface area contributed by atoms with Crippen molar-refractivity contribution in [3.8, 4) is 0 Å². The number of anilines is 2. The molecule has 2 unspecified atom stereocenters. The number of halogens is 2. The van der Waals surface area contributed by atoms with Gasteiger partial charge in [-0.05, 0) is 25.5 Å². The van der Waals surface area contributed by atoms with Gasteiger partial charge in [-0.25, -0.2) is 0 Å². The van der Waals surface area contributed by atoms with Crippen LogP contribution in [0.2, 0.25) is 10.0 Å². The predicted octanol–water partition coefficient (Wildman–Crippen LogP) is 3.42. The van der Waals surface area contributed by atoms with Crippen molar-refractivity contribution in [1.82, 2.24) is 0 Å². The van der Waals surface area contributed by atoms with E-state index in [4.69, 9.17) is 33.7 Å². The number of ether oxygens (including phenoxy) is 1. The first kappa shape index (κ1) is 15.8. The molecule has 1 fully saturated rings. The van der Waals surface area contributed by atoms with Crippen LogP contribution < -0.4 is 11.1 Å². The van der Waals surface area contributed by atoms with E-state index in [1.54, 1.807) is 23.9 Å². The molecule has 1 saturated heterocycles. The summed E-state index contributed by atoms with van der Waals surface area (Å²) in [5.41, 5.74) is 6.48. The summed E-state index contributed by atoms with van der Waals surface area (Å²) in [7, 11) is 0. The number of nitrogens with one attached hydrogen (secondary N) is 1. The van der Waals surface area contributed by atoms with Crippen LogP contribution in [-0.2, 0) is 9.53 Å². The second-order valence-corrected chi connectivity index (χ2v) is 6.66. The van der Waals surface area contributed by atoms with Gasteiger partial charge in [0.05, 0.1) is 27.6 Å². The Hall–Kier alpha value is -0.620. The van der Waals surface area contributed by atoms with Crippen LogP contribution in [0.3, 0.4) is 0 Å². The van der Waals surface area contributed by atoms with Crippen molar-refractivity contribution in [3.05, 3.63) is 22.2 Å². The zero-order valence-corrected chi connectivity index (χ0v) is 13.3. The fraction of sp³-hybridized carbons (Fsp3) is 0.462. The molecule has 1 aromatic carbocycles. The highest BCUT2D eigenvalue weighted by molar-refractivity contribution is 8.00. The normalized spacial score (nSPS) is 21.9. The lowest BCUT2D eigenvalue weighted by Crippen LogP contribution is -2.20. The zero-order chi connectivity index (χ0) is 14.7. The summed E-state index contributed by atoms with van der Waals surface area (Å²) >= 11 is 13.6. The lowest BCUT2D eigenvalue weighted by atomic mass is 10.3. The Balaban J connectivity index is 1.91. The third kappa shape index (κ3) is 3.95. The van der Waals surface area contributed by atoms with Gasteiger partial charge in [0.15, 0.2) is 0 Å². The first-order valence-corrected chi connectivity index (χ1v) is 8.05.